The molecule has 1 amide bonds. The van der Waals surface area contributed by atoms with Crippen LogP contribution in [-0.4, -0.2) is 48.0 Å². The van der Waals surface area contributed by atoms with Gasteiger partial charge in [0.25, 0.3) is 11.8 Å². The Hall–Kier alpha value is -1.77. The number of alkyl halides is 2. The SMILES string of the molecule is C[N+]1(C(CNC(=O)c2cc(N)ccc2Cl)c2cncs2)CCC(F)(F)CC1. The van der Waals surface area contributed by atoms with Crippen LogP contribution in [0.2, 0.25) is 5.02 Å². The molecule has 5 nitrogen and oxygen atoms in total. The van der Waals surface area contributed by atoms with E-state index >= 15 is 0 Å². The molecule has 1 aliphatic heterocycles. The molecule has 2 aromatic rings. The molecule has 0 saturated carbocycles. The quantitative estimate of drug-likeness (QED) is 0.577. The number of hydrogen-bond acceptors (Lipinski definition) is 4. The van der Waals surface area contributed by atoms with Crippen LogP contribution in [0.15, 0.2) is 29.9 Å². The molecule has 1 aromatic carbocycles. The molecule has 1 fully saturated rings. The lowest BCUT2D eigenvalue weighted by atomic mass is 10.0. The maximum Gasteiger partial charge on any atom is 0.258 e. The van der Waals surface area contributed by atoms with Crippen LogP contribution in [0, 0.1) is 0 Å². The van der Waals surface area contributed by atoms with Gasteiger partial charge in [-0.15, -0.1) is 11.3 Å². The predicted molar refractivity (Wildman–Crippen MR) is 103 cm³/mol. The molecular formula is C18H22ClF2N4OS+. The second kappa shape index (κ2) is 7.69. The van der Waals surface area contributed by atoms with E-state index in [1.807, 2.05) is 7.05 Å². The number of benzene rings is 1. The van der Waals surface area contributed by atoms with E-state index in [2.05, 4.69) is 10.3 Å². The Bertz CT molecular complexity index is 806. The van der Waals surface area contributed by atoms with Gasteiger partial charge in [-0.1, -0.05) is 11.6 Å². The number of nitrogens with two attached hydrogens (primary N) is 1. The van der Waals surface area contributed by atoms with Crippen molar-refractivity contribution in [1.82, 2.24) is 10.3 Å². The van der Waals surface area contributed by atoms with Crippen molar-refractivity contribution in [2.45, 2.75) is 24.8 Å². The largest absolute Gasteiger partial charge is 0.399 e. The monoisotopic (exact) mass is 415 g/mol. The van der Waals surface area contributed by atoms with Crippen LogP contribution in [-0.2, 0) is 0 Å². The highest BCUT2D eigenvalue weighted by atomic mass is 35.5. The molecule has 0 bridgehead atoms. The van der Waals surface area contributed by atoms with E-state index in [0.29, 0.717) is 40.4 Å². The van der Waals surface area contributed by atoms with E-state index < -0.39 is 5.92 Å². The molecule has 3 rings (SSSR count). The minimum absolute atomic E-state index is 0.155. The number of nitrogens with zero attached hydrogens (tertiary/aromatic N) is 2. The summed E-state index contributed by atoms with van der Waals surface area (Å²) < 4.78 is 27.7. The first-order chi connectivity index (χ1) is 12.7. The molecule has 2 heterocycles. The normalized spacial score (nSPS) is 19.4. The first-order valence-electron chi connectivity index (χ1n) is 8.64. The number of carbonyl (C=O) groups excluding carboxylic acids is 1. The summed E-state index contributed by atoms with van der Waals surface area (Å²) in [6.45, 7) is 0.975. The van der Waals surface area contributed by atoms with E-state index in [-0.39, 0.29) is 24.8 Å². The molecule has 3 N–H and O–H groups in total. The molecule has 0 radical (unpaired) electrons. The summed E-state index contributed by atoms with van der Waals surface area (Å²) in [6.07, 6.45) is 1.42. The second-order valence-corrected chi connectivity index (χ2v) is 8.48. The van der Waals surface area contributed by atoms with Crippen molar-refractivity contribution < 1.29 is 18.1 Å². The van der Waals surface area contributed by atoms with Crippen molar-refractivity contribution in [1.29, 1.82) is 0 Å². The maximum atomic E-state index is 13.7. The van der Waals surface area contributed by atoms with E-state index in [0.717, 1.165) is 4.88 Å². The summed E-state index contributed by atoms with van der Waals surface area (Å²) in [6, 6.07) is 4.57. The average molecular weight is 416 g/mol. The second-order valence-electron chi connectivity index (χ2n) is 7.15. The van der Waals surface area contributed by atoms with Crippen molar-refractivity contribution in [2.75, 3.05) is 32.4 Å². The van der Waals surface area contributed by atoms with Crippen molar-refractivity contribution in [3.63, 3.8) is 0 Å². The lowest BCUT2D eigenvalue weighted by molar-refractivity contribution is -0.944. The highest BCUT2D eigenvalue weighted by Gasteiger charge is 2.45. The molecule has 1 aromatic heterocycles. The van der Waals surface area contributed by atoms with Gasteiger partial charge in [0, 0.05) is 11.9 Å². The van der Waals surface area contributed by atoms with Gasteiger partial charge in [0.2, 0.25) is 0 Å². The standard InChI is InChI=1S/C18H21ClF2N4OS/c1-25(6-4-18(20,21)5-7-25)15(16-10-23-11-27-16)9-24-17(26)13-8-12(22)2-3-14(13)19/h2-3,8,10-11,15H,4-7,9,22H2,1H3/p+1. The van der Waals surface area contributed by atoms with Crippen molar-refractivity contribution in [2.24, 2.45) is 0 Å². The number of aromatic nitrogens is 1. The molecule has 146 valence electrons. The minimum atomic E-state index is -2.62. The Balaban J connectivity index is 1.77. The van der Waals surface area contributed by atoms with Gasteiger partial charge >= 0.3 is 0 Å². The molecule has 0 aliphatic carbocycles. The summed E-state index contributed by atoms with van der Waals surface area (Å²) in [7, 11) is 1.96. The highest BCUT2D eigenvalue weighted by molar-refractivity contribution is 7.09. The van der Waals surface area contributed by atoms with Crippen LogP contribution in [0.4, 0.5) is 14.5 Å². The van der Waals surface area contributed by atoms with Crippen LogP contribution in [0.1, 0.15) is 34.1 Å². The first-order valence-corrected chi connectivity index (χ1v) is 9.90. The number of rotatable bonds is 5. The average Bonchev–Trinajstić information content (AvgIpc) is 3.14. The van der Waals surface area contributed by atoms with E-state index in [1.54, 1.807) is 23.8 Å². The van der Waals surface area contributed by atoms with Crippen LogP contribution >= 0.6 is 22.9 Å². The molecular weight excluding hydrogens is 394 g/mol. The Kier molecular flexibility index (Phi) is 5.69. The lowest BCUT2D eigenvalue weighted by Crippen LogP contribution is -2.56. The van der Waals surface area contributed by atoms with Crippen molar-refractivity contribution >= 4 is 34.5 Å². The Morgan fingerprint density at radius 1 is 1.44 bits per heavy atom. The fourth-order valence-electron chi connectivity index (χ4n) is 3.41. The van der Waals surface area contributed by atoms with Crippen LogP contribution < -0.4 is 11.1 Å². The number of hydrogen-bond donors (Lipinski definition) is 2. The van der Waals surface area contributed by atoms with E-state index in [9.17, 15) is 13.6 Å². The highest BCUT2D eigenvalue weighted by Crippen LogP contribution is 2.38. The number of anilines is 1. The number of likely N-dealkylation sites (N-methyl/N-ethyl adjacent to an activating group) is 1. The number of thiazole rings is 1. The molecule has 9 heteroatoms. The zero-order chi connectivity index (χ0) is 19.7. The van der Waals surface area contributed by atoms with Crippen LogP contribution in [0.3, 0.4) is 0 Å². The summed E-state index contributed by atoms with van der Waals surface area (Å²) in [5.41, 5.74) is 8.20. The van der Waals surface area contributed by atoms with Crippen LogP contribution in [0.25, 0.3) is 0 Å². The smallest absolute Gasteiger partial charge is 0.258 e. The number of likely N-dealkylation sites (tertiary alicyclic amines) is 1. The molecule has 1 unspecified atom stereocenters. The predicted octanol–water partition coefficient (Wildman–Crippen LogP) is 3.73. The zero-order valence-electron chi connectivity index (χ0n) is 14.9. The number of piperidine rings is 1. The van der Waals surface area contributed by atoms with E-state index in [4.69, 9.17) is 17.3 Å². The van der Waals surface area contributed by atoms with Gasteiger partial charge in [-0.2, -0.15) is 0 Å². The topological polar surface area (TPSA) is 68.0 Å². The lowest BCUT2D eigenvalue weighted by Gasteiger charge is -2.45. The maximum absolute atomic E-state index is 13.7. The van der Waals surface area contributed by atoms with Gasteiger partial charge < -0.3 is 15.5 Å². The van der Waals surface area contributed by atoms with Gasteiger partial charge in [-0.3, -0.25) is 9.78 Å². The number of amides is 1. The molecule has 1 saturated heterocycles. The third-order valence-corrected chi connectivity index (χ3v) is 6.41. The summed E-state index contributed by atoms with van der Waals surface area (Å²) in [5.74, 6) is -2.95. The number of halogens is 3. The molecule has 1 aliphatic rings. The molecule has 27 heavy (non-hydrogen) atoms. The number of nitrogen functional groups attached to an aromatic ring is 1. The van der Waals surface area contributed by atoms with Gasteiger partial charge in [-0.05, 0) is 18.2 Å². The minimum Gasteiger partial charge on any atom is -0.399 e. The third kappa shape index (κ3) is 4.56. The Morgan fingerprint density at radius 2 is 2.15 bits per heavy atom. The third-order valence-electron chi connectivity index (χ3n) is 5.20. The number of quaternary nitrogens is 1. The van der Waals surface area contributed by atoms with Gasteiger partial charge in [0.15, 0.2) is 0 Å². The van der Waals surface area contributed by atoms with Gasteiger partial charge in [0.1, 0.15) is 6.04 Å². The number of carbonyl (C=O) groups is 1. The molecule has 1 atom stereocenters. The van der Waals surface area contributed by atoms with E-state index in [1.165, 1.54) is 17.4 Å². The fraction of sp³-hybridized carbons (Fsp3) is 0.444. The summed E-state index contributed by atoms with van der Waals surface area (Å²) >= 11 is 7.57. The number of nitrogens with one attached hydrogen (secondary N) is 1. The van der Waals surface area contributed by atoms with Crippen molar-refractivity contribution in [3.8, 4) is 0 Å². The van der Waals surface area contributed by atoms with Crippen LogP contribution in [0.5, 0.6) is 0 Å². The summed E-state index contributed by atoms with van der Waals surface area (Å²) in [5, 5.41) is 3.21. The van der Waals surface area contributed by atoms with Gasteiger partial charge in [-0.25, -0.2) is 8.78 Å². The first kappa shape index (κ1) is 20.0. The summed E-state index contributed by atoms with van der Waals surface area (Å²) in [4.78, 5) is 17.7. The zero-order valence-corrected chi connectivity index (χ0v) is 16.5. The molecule has 0 spiro atoms. The Morgan fingerprint density at radius 3 is 2.78 bits per heavy atom. The fourth-order valence-corrected chi connectivity index (χ4v) is 4.47. The Labute approximate surface area is 165 Å². The van der Waals surface area contributed by atoms with Crippen molar-refractivity contribution in [3.05, 3.63) is 45.4 Å². The van der Waals surface area contributed by atoms with Gasteiger partial charge in [0.05, 0.1) is 60.5 Å².